The van der Waals surface area contributed by atoms with Gasteiger partial charge in [-0.05, 0) is 37.7 Å². The summed E-state index contributed by atoms with van der Waals surface area (Å²) in [5.74, 6) is -0.274. The van der Waals surface area contributed by atoms with Gasteiger partial charge in [-0.15, -0.1) is 11.3 Å². The molecular formula is C15H23NO2S. The monoisotopic (exact) mass is 281 g/mol. The van der Waals surface area contributed by atoms with E-state index in [1.54, 1.807) is 0 Å². The van der Waals surface area contributed by atoms with Crippen LogP contribution in [0.1, 0.15) is 66.1 Å². The van der Waals surface area contributed by atoms with Crippen LogP contribution in [-0.2, 0) is 5.41 Å². The molecule has 0 radical (unpaired) electrons. The number of carboxylic acid groups (broad SMARTS) is 1. The average molecular weight is 281 g/mol. The molecule has 19 heavy (non-hydrogen) atoms. The van der Waals surface area contributed by atoms with E-state index >= 15 is 0 Å². The zero-order valence-corrected chi connectivity index (χ0v) is 12.8. The third-order valence-electron chi connectivity index (χ3n) is 4.23. The Morgan fingerprint density at radius 3 is 2.42 bits per heavy atom. The highest BCUT2D eigenvalue weighted by Gasteiger charge is 2.39. The summed E-state index contributed by atoms with van der Waals surface area (Å²) >= 11 is 1.41. The summed E-state index contributed by atoms with van der Waals surface area (Å²) in [5, 5.41) is 9.24. The SMILES string of the molecule is Cc1c(C2(CC(C)C)CCCC2)sc(C(=O)O)c1N. The van der Waals surface area contributed by atoms with E-state index in [1.165, 1.54) is 41.9 Å². The maximum Gasteiger partial charge on any atom is 0.348 e. The molecule has 106 valence electrons. The first kappa shape index (κ1) is 14.4. The second-order valence-electron chi connectivity index (χ2n) is 6.19. The van der Waals surface area contributed by atoms with E-state index in [9.17, 15) is 9.90 Å². The molecule has 1 aliphatic rings. The lowest BCUT2D eigenvalue weighted by Crippen LogP contribution is -2.24. The van der Waals surface area contributed by atoms with Gasteiger partial charge in [0, 0.05) is 10.3 Å². The first-order valence-corrected chi connectivity index (χ1v) is 7.81. The first-order chi connectivity index (χ1) is 8.87. The molecular weight excluding hydrogens is 258 g/mol. The van der Waals surface area contributed by atoms with Gasteiger partial charge in [0.25, 0.3) is 0 Å². The van der Waals surface area contributed by atoms with Crippen LogP contribution >= 0.6 is 11.3 Å². The molecule has 0 saturated heterocycles. The van der Waals surface area contributed by atoms with E-state index in [0.29, 0.717) is 16.5 Å². The first-order valence-electron chi connectivity index (χ1n) is 7.00. The Hall–Kier alpha value is -1.03. The third-order valence-corrected chi connectivity index (χ3v) is 5.77. The van der Waals surface area contributed by atoms with E-state index in [0.717, 1.165) is 12.0 Å². The van der Waals surface area contributed by atoms with Gasteiger partial charge in [0.05, 0.1) is 5.69 Å². The number of hydrogen-bond acceptors (Lipinski definition) is 3. The molecule has 1 aromatic heterocycles. The summed E-state index contributed by atoms with van der Waals surface area (Å²) in [4.78, 5) is 12.8. The Bertz CT molecular complexity index is 485. The molecule has 4 heteroatoms. The van der Waals surface area contributed by atoms with Crippen molar-refractivity contribution in [2.24, 2.45) is 5.92 Å². The summed E-state index contributed by atoms with van der Waals surface area (Å²) in [5.41, 5.74) is 7.64. The molecule has 0 aromatic carbocycles. The molecule has 0 atom stereocenters. The lowest BCUT2D eigenvalue weighted by atomic mass is 9.76. The number of hydrogen-bond donors (Lipinski definition) is 2. The summed E-state index contributed by atoms with van der Waals surface area (Å²) in [6, 6.07) is 0. The molecule has 0 aliphatic heterocycles. The fourth-order valence-electron chi connectivity index (χ4n) is 3.55. The van der Waals surface area contributed by atoms with Crippen LogP contribution in [0, 0.1) is 12.8 Å². The van der Waals surface area contributed by atoms with Crippen LogP contribution < -0.4 is 5.73 Å². The van der Waals surface area contributed by atoms with Gasteiger partial charge in [-0.1, -0.05) is 26.7 Å². The van der Waals surface area contributed by atoms with Gasteiger partial charge in [-0.3, -0.25) is 0 Å². The third kappa shape index (κ3) is 2.50. The van der Waals surface area contributed by atoms with Gasteiger partial charge in [0.15, 0.2) is 0 Å². The van der Waals surface area contributed by atoms with Crippen LogP contribution in [0.15, 0.2) is 0 Å². The molecule has 0 unspecified atom stereocenters. The number of carboxylic acids is 1. The van der Waals surface area contributed by atoms with Gasteiger partial charge >= 0.3 is 5.97 Å². The second kappa shape index (κ2) is 5.16. The van der Waals surface area contributed by atoms with Crippen molar-refractivity contribution in [3.8, 4) is 0 Å². The minimum atomic E-state index is -0.894. The average Bonchev–Trinajstić information content (AvgIpc) is 2.86. The van der Waals surface area contributed by atoms with Crippen LogP contribution in [0.5, 0.6) is 0 Å². The van der Waals surface area contributed by atoms with Crippen molar-refractivity contribution in [1.82, 2.24) is 0 Å². The molecule has 3 nitrogen and oxygen atoms in total. The Balaban J connectivity index is 2.48. The number of anilines is 1. The fourth-order valence-corrected chi connectivity index (χ4v) is 4.87. The molecule has 1 fully saturated rings. The predicted octanol–water partition coefficient (Wildman–Crippen LogP) is 4.19. The van der Waals surface area contributed by atoms with Crippen molar-refractivity contribution < 1.29 is 9.90 Å². The molecule has 0 bridgehead atoms. The topological polar surface area (TPSA) is 63.3 Å². The predicted molar refractivity (Wildman–Crippen MR) is 80.0 cm³/mol. The quantitative estimate of drug-likeness (QED) is 0.869. The highest BCUT2D eigenvalue weighted by Crippen LogP contribution is 2.51. The van der Waals surface area contributed by atoms with Gasteiger partial charge in [-0.2, -0.15) is 0 Å². The summed E-state index contributed by atoms with van der Waals surface area (Å²) in [6.07, 6.45) is 5.96. The number of nitrogen functional groups attached to an aromatic ring is 1. The van der Waals surface area contributed by atoms with Crippen LogP contribution in [0.3, 0.4) is 0 Å². The van der Waals surface area contributed by atoms with Crippen LogP contribution in [0.4, 0.5) is 5.69 Å². The largest absolute Gasteiger partial charge is 0.477 e. The Morgan fingerprint density at radius 2 is 2.00 bits per heavy atom. The van der Waals surface area contributed by atoms with Gasteiger partial charge in [-0.25, -0.2) is 4.79 Å². The molecule has 1 heterocycles. The highest BCUT2D eigenvalue weighted by molar-refractivity contribution is 7.15. The number of rotatable bonds is 4. The molecule has 0 amide bonds. The summed E-state index contributed by atoms with van der Waals surface area (Å²) in [6.45, 7) is 6.46. The fraction of sp³-hybridized carbons (Fsp3) is 0.667. The molecule has 0 spiro atoms. The normalized spacial score (nSPS) is 18.1. The van der Waals surface area contributed by atoms with Crippen molar-refractivity contribution in [3.05, 3.63) is 15.3 Å². The Kier molecular flexibility index (Phi) is 3.90. The highest BCUT2D eigenvalue weighted by atomic mass is 32.1. The van der Waals surface area contributed by atoms with Gasteiger partial charge in [0.1, 0.15) is 4.88 Å². The number of thiophene rings is 1. The molecule has 1 saturated carbocycles. The number of nitrogens with two attached hydrogens (primary N) is 1. The smallest absolute Gasteiger partial charge is 0.348 e. The van der Waals surface area contributed by atoms with Gasteiger partial charge in [0.2, 0.25) is 0 Å². The van der Waals surface area contributed by atoms with E-state index in [2.05, 4.69) is 13.8 Å². The lowest BCUT2D eigenvalue weighted by Gasteiger charge is -2.31. The zero-order valence-electron chi connectivity index (χ0n) is 12.0. The number of aromatic carboxylic acids is 1. The molecule has 2 rings (SSSR count). The van der Waals surface area contributed by atoms with Crippen LogP contribution in [0.2, 0.25) is 0 Å². The van der Waals surface area contributed by atoms with Crippen molar-refractivity contribution in [3.63, 3.8) is 0 Å². The molecule has 3 N–H and O–H groups in total. The van der Waals surface area contributed by atoms with E-state index < -0.39 is 5.97 Å². The van der Waals surface area contributed by atoms with E-state index in [-0.39, 0.29) is 5.41 Å². The van der Waals surface area contributed by atoms with Crippen molar-refractivity contribution >= 4 is 23.0 Å². The van der Waals surface area contributed by atoms with Crippen LogP contribution in [-0.4, -0.2) is 11.1 Å². The minimum Gasteiger partial charge on any atom is -0.477 e. The van der Waals surface area contributed by atoms with Crippen molar-refractivity contribution in [1.29, 1.82) is 0 Å². The van der Waals surface area contributed by atoms with Crippen molar-refractivity contribution in [2.75, 3.05) is 5.73 Å². The molecule has 1 aliphatic carbocycles. The van der Waals surface area contributed by atoms with Gasteiger partial charge < -0.3 is 10.8 Å². The Labute approximate surface area is 118 Å². The minimum absolute atomic E-state index is 0.171. The lowest BCUT2D eigenvalue weighted by molar-refractivity contribution is 0.0703. The van der Waals surface area contributed by atoms with E-state index in [4.69, 9.17) is 5.73 Å². The maximum atomic E-state index is 11.3. The van der Waals surface area contributed by atoms with Crippen LogP contribution in [0.25, 0.3) is 0 Å². The molecule has 1 aromatic rings. The van der Waals surface area contributed by atoms with Crippen molar-refractivity contribution in [2.45, 2.75) is 58.3 Å². The maximum absolute atomic E-state index is 11.3. The van der Waals surface area contributed by atoms with E-state index in [1.807, 2.05) is 6.92 Å². The number of carbonyl (C=O) groups is 1. The summed E-state index contributed by atoms with van der Waals surface area (Å²) in [7, 11) is 0. The zero-order chi connectivity index (χ0) is 14.2. The Morgan fingerprint density at radius 1 is 1.42 bits per heavy atom. The second-order valence-corrected chi connectivity index (χ2v) is 7.21. The summed E-state index contributed by atoms with van der Waals surface area (Å²) < 4.78 is 0. The standard InChI is InChI=1S/C15H23NO2S/c1-9(2)8-15(6-4-5-7-15)13-10(3)11(16)12(19-13)14(17)18/h9H,4-8,16H2,1-3H3,(H,17,18).